The van der Waals surface area contributed by atoms with Crippen LogP contribution in [0.15, 0.2) is 0 Å². The average Bonchev–Trinajstić information content (AvgIpc) is 3.71. The van der Waals surface area contributed by atoms with Crippen molar-refractivity contribution in [2.24, 2.45) is 5.41 Å². The van der Waals surface area contributed by atoms with E-state index in [1.54, 1.807) is 11.3 Å². The first-order valence-electron chi connectivity index (χ1n) is 16.3. The topological polar surface area (TPSA) is 97.6 Å². The van der Waals surface area contributed by atoms with E-state index in [0.29, 0.717) is 12.6 Å². The minimum Gasteiger partial charge on any atom is -0.469 e. The van der Waals surface area contributed by atoms with Crippen LogP contribution in [-0.4, -0.2) is 93.6 Å². The monoisotopic (exact) mass is 607 g/mol. The molecule has 8 rings (SSSR count). The Morgan fingerprint density at radius 3 is 2.84 bits per heavy atom. The highest BCUT2D eigenvalue weighted by Gasteiger charge is 2.57. The molecule has 5 fully saturated rings. The van der Waals surface area contributed by atoms with Gasteiger partial charge in [-0.2, -0.15) is 0 Å². The molecule has 0 aromatic carbocycles. The van der Waals surface area contributed by atoms with Crippen molar-refractivity contribution in [1.82, 2.24) is 34.9 Å². The third-order valence-electron chi connectivity index (χ3n) is 10.7. The molecular weight excluding hydrogens is 562 g/mol. The van der Waals surface area contributed by atoms with Crippen LogP contribution >= 0.6 is 11.3 Å². The second kappa shape index (κ2) is 12.2. The van der Waals surface area contributed by atoms with E-state index in [0.717, 1.165) is 101 Å². The molecule has 1 aliphatic carbocycles. The van der Waals surface area contributed by atoms with Gasteiger partial charge in [0, 0.05) is 43.5 Å². The largest absolute Gasteiger partial charge is 0.469 e. The van der Waals surface area contributed by atoms with Crippen LogP contribution in [0.25, 0.3) is 0 Å². The van der Waals surface area contributed by atoms with Crippen LogP contribution in [0.4, 0.5) is 0 Å². The maximum Gasteiger partial charge on any atom is 0.314 e. The molecule has 0 spiro atoms. The van der Waals surface area contributed by atoms with E-state index in [9.17, 15) is 4.79 Å². The van der Waals surface area contributed by atoms with Crippen LogP contribution in [0, 0.1) is 24.2 Å². The Morgan fingerprint density at radius 2 is 2.02 bits per heavy atom. The third-order valence-corrected chi connectivity index (χ3v) is 11.6. The van der Waals surface area contributed by atoms with Gasteiger partial charge >= 0.3 is 5.97 Å². The summed E-state index contributed by atoms with van der Waals surface area (Å²) in [6.45, 7) is 9.11. The minimum atomic E-state index is -0.439. The molecule has 232 valence electrons. The number of aryl methyl sites for hydroxylation is 2. The van der Waals surface area contributed by atoms with E-state index < -0.39 is 5.41 Å². The Kier molecular flexibility index (Phi) is 8.33. The molecule has 2 bridgehead atoms. The van der Waals surface area contributed by atoms with E-state index in [1.807, 2.05) is 0 Å². The molecular formula is C32H45N7O3S. The Bertz CT molecular complexity index is 1370. The van der Waals surface area contributed by atoms with Crippen LogP contribution in [0.1, 0.15) is 91.1 Å². The zero-order valence-electron chi connectivity index (χ0n) is 25.7. The number of fused-ring (bicyclic) bond motifs is 4. The fourth-order valence-electron chi connectivity index (χ4n) is 8.06. The normalized spacial score (nSPS) is 31.3. The number of nitrogens with one attached hydrogen (secondary N) is 1. The Hall–Kier alpha value is -2.36. The van der Waals surface area contributed by atoms with Crippen molar-refractivity contribution in [3.8, 4) is 11.8 Å². The van der Waals surface area contributed by atoms with Gasteiger partial charge in [0.05, 0.1) is 43.9 Å². The maximum atomic E-state index is 12.4. The molecule has 6 aliphatic rings. The fourth-order valence-corrected chi connectivity index (χ4v) is 8.98. The number of rotatable bonds is 6. The molecule has 43 heavy (non-hydrogen) atoms. The summed E-state index contributed by atoms with van der Waals surface area (Å²) in [5, 5.41) is 14.1. The summed E-state index contributed by atoms with van der Waals surface area (Å²) in [5.74, 6) is 9.06. The molecule has 2 unspecified atom stereocenters. The third kappa shape index (κ3) is 5.66. The lowest BCUT2D eigenvalue weighted by molar-refractivity contribution is -0.214. The average molecular weight is 608 g/mol. The number of carbonyl (C=O) groups excluding carboxylic acids is 1. The number of carbonyl (C=O) groups is 1. The second-order valence-electron chi connectivity index (χ2n) is 13.2. The lowest BCUT2D eigenvalue weighted by Crippen LogP contribution is -2.67. The second-order valence-corrected chi connectivity index (χ2v) is 14.5. The highest BCUT2D eigenvalue weighted by atomic mass is 32.1. The first-order valence-corrected chi connectivity index (χ1v) is 17.1. The molecule has 11 heteroatoms. The van der Waals surface area contributed by atoms with Crippen LogP contribution in [0.2, 0.25) is 0 Å². The van der Waals surface area contributed by atoms with Crippen molar-refractivity contribution < 1.29 is 14.3 Å². The number of aromatic nitrogens is 4. The van der Waals surface area contributed by atoms with Gasteiger partial charge in [-0.3, -0.25) is 14.6 Å². The van der Waals surface area contributed by atoms with Crippen molar-refractivity contribution in [3.63, 3.8) is 0 Å². The van der Waals surface area contributed by atoms with Crippen molar-refractivity contribution in [2.75, 3.05) is 46.4 Å². The van der Waals surface area contributed by atoms with E-state index in [-0.39, 0.29) is 17.6 Å². The van der Waals surface area contributed by atoms with Gasteiger partial charge in [0.15, 0.2) is 0 Å². The van der Waals surface area contributed by atoms with E-state index >= 15 is 0 Å². The number of esters is 1. The number of thiazole rings is 1. The van der Waals surface area contributed by atoms with Gasteiger partial charge in [-0.15, -0.1) is 21.5 Å². The fraction of sp³-hybridized carbons (Fsp3) is 0.750. The Balaban J connectivity index is 0.960. The van der Waals surface area contributed by atoms with E-state index in [1.165, 1.54) is 43.5 Å². The van der Waals surface area contributed by atoms with Gasteiger partial charge in [-0.05, 0) is 70.8 Å². The summed E-state index contributed by atoms with van der Waals surface area (Å²) in [6.07, 6.45) is 10.6. The highest BCUT2D eigenvalue weighted by molar-refractivity contribution is 7.11. The zero-order valence-corrected chi connectivity index (χ0v) is 26.5. The summed E-state index contributed by atoms with van der Waals surface area (Å²) in [7, 11) is 1.49. The number of hydrogen-bond donors (Lipinski definition) is 1. The molecule has 2 atom stereocenters. The molecule has 7 heterocycles. The molecule has 10 nitrogen and oxygen atoms in total. The number of ether oxygens (including phenoxy) is 2. The van der Waals surface area contributed by atoms with Gasteiger partial charge in [0.2, 0.25) is 0 Å². The lowest BCUT2D eigenvalue weighted by atomic mass is 9.63. The van der Waals surface area contributed by atoms with Crippen LogP contribution in [0.3, 0.4) is 0 Å². The van der Waals surface area contributed by atoms with Gasteiger partial charge in [-0.1, -0.05) is 12.3 Å². The summed E-state index contributed by atoms with van der Waals surface area (Å²) < 4.78 is 13.9. The molecule has 1 saturated carbocycles. The summed E-state index contributed by atoms with van der Waals surface area (Å²) in [5.41, 5.74) is 0.283. The number of hydrogen-bond acceptors (Lipinski definition) is 10. The van der Waals surface area contributed by atoms with Crippen molar-refractivity contribution >= 4 is 17.3 Å². The van der Waals surface area contributed by atoms with Crippen molar-refractivity contribution in [2.45, 2.75) is 102 Å². The standard InChI is InChI=1S/C32H45N7O3S/c1-23-24(34-28(43-23)21-38-17-7-9-25(38)29-36-35-27-10-4-3-5-18-39(27)29)8-6-16-37-19-15-33-26(20-37)32-13-11-31(12-14-32,22-42-32)30(40)41-2/h25-26,33H,3-5,7,9-22H2,1-2H3. The predicted octanol–water partition coefficient (Wildman–Crippen LogP) is 3.23. The van der Waals surface area contributed by atoms with E-state index in [2.05, 4.69) is 48.6 Å². The zero-order chi connectivity index (χ0) is 29.4. The summed E-state index contributed by atoms with van der Waals surface area (Å²) >= 11 is 1.78. The van der Waals surface area contributed by atoms with Crippen LogP contribution in [0.5, 0.6) is 0 Å². The van der Waals surface area contributed by atoms with Gasteiger partial charge < -0.3 is 19.4 Å². The van der Waals surface area contributed by atoms with Gasteiger partial charge in [-0.25, -0.2) is 4.98 Å². The molecule has 2 aromatic rings. The van der Waals surface area contributed by atoms with Gasteiger partial charge in [0.25, 0.3) is 0 Å². The number of piperazine rings is 1. The van der Waals surface area contributed by atoms with Crippen molar-refractivity contribution in [3.05, 3.63) is 27.2 Å². The Labute approximate surface area is 258 Å². The molecule has 4 saturated heterocycles. The lowest BCUT2D eigenvalue weighted by Gasteiger charge is -2.56. The van der Waals surface area contributed by atoms with Gasteiger partial charge in [0.1, 0.15) is 22.4 Å². The maximum absolute atomic E-state index is 12.4. The van der Waals surface area contributed by atoms with E-state index in [4.69, 9.17) is 14.5 Å². The van der Waals surface area contributed by atoms with Crippen molar-refractivity contribution in [1.29, 1.82) is 0 Å². The molecule has 2 aromatic heterocycles. The minimum absolute atomic E-state index is 0.112. The highest BCUT2D eigenvalue weighted by Crippen LogP contribution is 2.51. The molecule has 0 radical (unpaired) electrons. The quantitative estimate of drug-likeness (QED) is 0.392. The number of methoxy groups -OCH3 is 1. The smallest absolute Gasteiger partial charge is 0.314 e. The SMILES string of the molecule is COC(=O)C12CCC(C3CN(CC#Cc4nc(CN5CCCC5c5nnc6n5CCCCC6)sc4C)CCN3)(CC1)OC2. The number of likely N-dealkylation sites (tertiary alicyclic amines) is 1. The number of nitrogens with zero attached hydrogens (tertiary/aromatic N) is 6. The summed E-state index contributed by atoms with van der Waals surface area (Å²) in [6, 6.07) is 0.577. The summed E-state index contributed by atoms with van der Waals surface area (Å²) in [4.78, 5) is 23.6. The van der Waals surface area contributed by atoms with Crippen LogP contribution < -0.4 is 5.32 Å². The Morgan fingerprint density at radius 1 is 1.14 bits per heavy atom. The molecule has 5 aliphatic heterocycles. The predicted molar refractivity (Wildman–Crippen MR) is 164 cm³/mol. The van der Waals surface area contributed by atoms with Crippen LogP contribution in [-0.2, 0) is 33.8 Å². The molecule has 1 N–H and O–H groups in total. The molecule has 0 amide bonds. The first kappa shape index (κ1) is 29.4. The first-order chi connectivity index (χ1) is 21.0.